The summed E-state index contributed by atoms with van der Waals surface area (Å²) >= 11 is 0. The molecule has 0 bridgehead atoms. The van der Waals surface area contributed by atoms with Crippen molar-refractivity contribution in [2.24, 2.45) is 5.73 Å². The summed E-state index contributed by atoms with van der Waals surface area (Å²) < 4.78 is 43.1. The highest BCUT2D eigenvalue weighted by Gasteiger charge is 2.33. The number of hydrogen-bond acceptors (Lipinski definition) is 6. The summed E-state index contributed by atoms with van der Waals surface area (Å²) in [6, 6.07) is 6.28. The number of aromatic amines is 1. The Morgan fingerprint density at radius 2 is 1.84 bits per heavy atom. The number of primary amides is 1. The smallest absolute Gasteiger partial charge is 0.424 e. The van der Waals surface area contributed by atoms with E-state index in [1.165, 1.54) is 24.3 Å². The molecule has 0 saturated carbocycles. The fourth-order valence-corrected chi connectivity index (χ4v) is 1.94. The summed E-state index contributed by atoms with van der Waals surface area (Å²) in [4.78, 5) is 18.2. The Bertz CT molecular complexity index is 907. The maximum atomic E-state index is 12.6. The molecule has 3 rings (SSSR count). The van der Waals surface area contributed by atoms with Crippen LogP contribution in [0.25, 0.3) is 11.3 Å². The van der Waals surface area contributed by atoms with Gasteiger partial charge in [-0.15, -0.1) is 0 Å². The molecule has 8 nitrogen and oxygen atoms in total. The van der Waals surface area contributed by atoms with Gasteiger partial charge in [0.1, 0.15) is 11.4 Å². The first-order valence-electron chi connectivity index (χ1n) is 6.73. The molecule has 0 radical (unpaired) electrons. The van der Waals surface area contributed by atoms with Crippen LogP contribution in [0.5, 0.6) is 11.8 Å². The van der Waals surface area contributed by atoms with Crippen molar-refractivity contribution < 1.29 is 22.7 Å². The van der Waals surface area contributed by atoms with E-state index in [9.17, 15) is 18.0 Å². The number of nitrogens with zero attached hydrogens (tertiary/aromatic N) is 4. The van der Waals surface area contributed by atoms with E-state index < -0.39 is 23.8 Å². The first-order chi connectivity index (χ1) is 11.8. The molecular weight excluding hydrogens is 341 g/mol. The minimum Gasteiger partial charge on any atom is -0.424 e. The summed E-state index contributed by atoms with van der Waals surface area (Å²) in [7, 11) is 0. The predicted molar refractivity (Wildman–Crippen MR) is 77.4 cm³/mol. The lowest BCUT2D eigenvalue weighted by atomic mass is 10.1. The van der Waals surface area contributed by atoms with Crippen LogP contribution in [-0.4, -0.2) is 31.3 Å². The van der Waals surface area contributed by atoms with E-state index in [0.29, 0.717) is 5.56 Å². The Labute approximate surface area is 137 Å². The molecule has 25 heavy (non-hydrogen) atoms. The third kappa shape index (κ3) is 3.54. The Balaban J connectivity index is 1.82. The number of nitrogens with two attached hydrogens (primary N) is 1. The van der Waals surface area contributed by atoms with Gasteiger partial charge in [0.05, 0.1) is 0 Å². The van der Waals surface area contributed by atoms with Crippen molar-refractivity contribution in [3.05, 3.63) is 47.9 Å². The molecule has 3 aromatic rings. The summed E-state index contributed by atoms with van der Waals surface area (Å²) in [5, 5.41) is 9.77. The van der Waals surface area contributed by atoms with Crippen molar-refractivity contribution in [2.45, 2.75) is 6.18 Å². The minimum atomic E-state index is -4.59. The molecule has 2 aromatic heterocycles. The number of rotatable bonds is 4. The number of hydrogen-bond donors (Lipinski definition) is 2. The number of carbonyl (C=O) groups is 1. The molecule has 0 spiro atoms. The minimum absolute atomic E-state index is 0.0325. The first-order valence-corrected chi connectivity index (χ1v) is 6.73. The maximum Gasteiger partial charge on any atom is 0.433 e. The van der Waals surface area contributed by atoms with E-state index in [1.54, 1.807) is 0 Å². The standard InChI is InChI=1S/C14H9F3N6O2/c15-14(16,17)9-5-6-19-13(20-9)25-8-3-1-7(2-4-8)10-11(12(18)24)22-23-21-10/h1-6H,(H2,18,24)(H,21,22,23). The van der Waals surface area contributed by atoms with E-state index in [0.717, 1.165) is 12.3 Å². The van der Waals surface area contributed by atoms with E-state index in [1.807, 2.05) is 0 Å². The summed E-state index contributed by atoms with van der Waals surface area (Å²) in [6.45, 7) is 0. The van der Waals surface area contributed by atoms with Crippen LogP contribution in [0.2, 0.25) is 0 Å². The molecule has 0 atom stereocenters. The van der Waals surface area contributed by atoms with Crippen LogP contribution in [0.15, 0.2) is 36.5 Å². The fourth-order valence-electron chi connectivity index (χ4n) is 1.94. The molecule has 0 fully saturated rings. The summed E-state index contributed by atoms with van der Waals surface area (Å²) in [5.41, 5.74) is 4.80. The van der Waals surface area contributed by atoms with Crippen LogP contribution in [0.1, 0.15) is 16.2 Å². The summed E-state index contributed by atoms with van der Waals surface area (Å²) in [5.74, 6) is -0.548. The fraction of sp³-hybridized carbons (Fsp3) is 0.0714. The van der Waals surface area contributed by atoms with Crippen molar-refractivity contribution in [1.29, 1.82) is 0 Å². The van der Waals surface area contributed by atoms with Gasteiger partial charge in [-0.2, -0.15) is 33.6 Å². The van der Waals surface area contributed by atoms with Gasteiger partial charge in [-0.25, -0.2) is 4.98 Å². The van der Waals surface area contributed by atoms with Crippen LogP contribution >= 0.6 is 0 Å². The molecule has 1 amide bonds. The molecule has 11 heteroatoms. The normalized spacial score (nSPS) is 11.3. The molecule has 1 aromatic carbocycles. The number of halogens is 3. The number of aromatic nitrogens is 5. The lowest BCUT2D eigenvalue weighted by Crippen LogP contribution is -2.12. The number of carbonyl (C=O) groups excluding carboxylic acids is 1. The van der Waals surface area contributed by atoms with E-state index in [4.69, 9.17) is 10.5 Å². The number of alkyl halides is 3. The highest BCUT2D eigenvalue weighted by molar-refractivity contribution is 5.96. The van der Waals surface area contributed by atoms with E-state index in [2.05, 4.69) is 25.4 Å². The average molecular weight is 350 g/mol. The molecular formula is C14H9F3N6O2. The number of nitrogens with one attached hydrogen (secondary N) is 1. The molecule has 0 saturated heterocycles. The highest BCUT2D eigenvalue weighted by Crippen LogP contribution is 2.29. The van der Waals surface area contributed by atoms with Gasteiger partial charge in [0, 0.05) is 11.8 Å². The van der Waals surface area contributed by atoms with Gasteiger partial charge < -0.3 is 10.5 Å². The molecule has 0 aliphatic carbocycles. The van der Waals surface area contributed by atoms with Gasteiger partial charge in [-0.1, -0.05) is 0 Å². The molecule has 2 heterocycles. The van der Waals surface area contributed by atoms with Gasteiger partial charge in [0.25, 0.3) is 5.91 Å². The van der Waals surface area contributed by atoms with E-state index >= 15 is 0 Å². The van der Waals surface area contributed by atoms with Crippen LogP contribution in [-0.2, 0) is 6.18 Å². The van der Waals surface area contributed by atoms with Crippen molar-refractivity contribution in [3.8, 4) is 23.0 Å². The molecule has 0 aliphatic heterocycles. The van der Waals surface area contributed by atoms with Gasteiger partial charge in [-0.3, -0.25) is 4.79 Å². The number of ether oxygens (including phenoxy) is 1. The van der Waals surface area contributed by atoms with Gasteiger partial charge in [-0.05, 0) is 30.3 Å². The average Bonchev–Trinajstić information content (AvgIpc) is 3.05. The first kappa shape index (κ1) is 16.4. The Kier molecular flexibility index (Phi) is 4.05. The molecule has 0 unspecified atom stereocenters. The quantitative estimate of drug-likeness (QED) is 0.744. The zero-order valence-electron chi connectivity index (χ0n) is 12.3. The predicted octanol–water partition coefficient (Wildman–Crippen LogP) is 2.17. The lowest BCUT2D eigenvalue weighted by molar-refractivity contribution is -0.141. The monoisotopic (exact) mass is 350 g/mol. The zero-order valence-corrected chi connectivity index (χ0v) is 12.3. The van der Waals surface area contributed by atoms with E-state index in [-0.39, 0.29) is 17.1 Å². The van der Waals surface area contributed by atoms with Crippen LogP contribution < -0.4 is 10.5 Å². The Morgan fingerprint density at radius 1 is 1.12 bits per heavy atom. The van der Waals surface area contributed by atoms with Crippen molar-refractivity contribution >= 4 is 5.91 Å². The zero-order chi connectivity index (χ0) is 18.0. The second-order valence-electron chi connectivity index (χ2n) is 4.73. The lowest BCUT2D eigenvalue weighted by Gasteiger charge is -2.08. The number of amides is 1. The van der Waals surface area contributed by atoms with Crippen molar-refractivity contribution in [2.75, 3.05) is 0 Å². The molecule has 0 aliphatic rings. The van der Waals surface area contributed by atoms with Gasteiger partial charge in [0.15, 0.2) is 11.4 Å². The van der Waals surface area contributed by atoms with Crippen molar-refractivity contribution in [3.63, 3.8) is 0 Å². The number of benzene rings is 1. The second-order valence-corrected chi connectivity index (χ2v) is 4.73. The maximum absolute atomic E-state index is 12.6. The van der Waals surface area contributed by atoms with Gasteiger partial charge in [0.2, 0.25) is 0 Å². The third-order valence-corrected chi connectivity index (χ3v) is 3.04. The number of H-pyrrole nitrogens is 1. The molecule has 128 valence electrons. The van der Waals surface area contributed by atoms with Crippen molar-refractivity contribution in [1.82, 2.24) is 25.4 Å². The van der Waals surface area contributed by atoms with Crippen LogP contribution in [0.4, 0.5) is 13.2 Å². The summed E-state index contributed by atoms with van der Waals surface area (Å²) in [6.07, 6.45) is -3.64. The highest BCUT2D eigenvalue weighted by atomic mass is 19.4. The van der Waals surface area contributed by atoms with Crippen LogP contribution in [0, 0.1) is 0 Å². The molecule has 3 N–H and O–H groups in total. The third-order valence-electron chi connectivity index (χ3n) is 3.04. The Hall–Kier alpha value is -3.50. The topological polar surface area (TPSA) is 120 Å². The SMILES string of the molecule is NC(=O)c1n[nH]nc1-c1ccc(Oc2nccc(C(F)(F)F)n2)cc1. The second kappa shape index (κ2) is 6.19. The van der Waals surface area contributed by atoms with Gasteiger partial charge >= 0.3 is 12.2 Å². The largest absolute Gasteiger partial charge is 0.433 e. The Morgan fingerprint density at radius 3 is 2.48 bits per heavy atom. The van der Waals surface area contributed by atoms with Crippen LogP contribution in [0.3, 0.4) is 0 Å².